The second-order valence-corrected chi connectivity index (χ2v) is 12.1. The molecule has 0 N–H and O–H groups in total. The number of rotatable bonds is 5. The fourth-order valence-corrected chi connectivity index (χ4v) is 2.85. The van der Waals surface area contributed by atoms with Gasteiger partial charge in [0, 0.05) is 6.54 Å². The molecule has 0 spiro atoms. The van der Waals surface area contributed by atoms with Crippen molar-refractivity contribution in [3.05, 3.63) is 29.3 Å². The molecule has 4 nitrogen and oxygen atoms in total. The monoisotopic (exact) mass is 323 g/mol. The van der Waals surface area contributed by atoms with Crippen molar-refractivity contribution in [3.63, 3.8) is 0 Å². The van der Waals surface area contributed by atoms with Crippen molar-refractivity contribution in [2.45, 2.75) is 45.4 Å². The lowest BCUT2D eigenvalue weighted by molar-refractivity contribution is 0.0598. The Labute approximate surface area is 135 Å². The Balaban J connectivity index is 3.25. The summed E-state index contributed by atoms with van der Waals surface area (Å²) in [5.41, 5.74) is 1.61. The lowest BCUT2D eigenvalue weighted by Gasteiger charge is -2.37. The van der Waals surface area contributed by atoms with E-state index in [-0.39, 0.29) is 11.0 Å². The minimum absolute atomic E-state index is 0.0674. The van der Waals surface area contributed by atoms with E-state index >= 15 is 0 Å². The number of hydrogen-bond acceptors (Lipinski definition) is 4. The van der Waals surface area contributed by atoms with Crippen LogP contribution in [0.5, 0.6) is 5.75 Å². The lowest BCUT2D eigenvalue weighted by Crippen LogP contribution is -2.44. The normalized spacial score (nSPS) is 12.4. The van der Waals surface area contributed by atoms with Gasteiger partial charge in [-0.25, -0.2) is 4.79 Å². The van der Waals surface area contributed by atoms with Gasteiger partial charge in [-0.3, -0.25) is 0 Å². The third-order valence-electron chi connectivity index (χ3n) is 4.12. The highest BCUT2D eigenvalue weighted by Gasteiger charge is 2.39. The van der Waals surface area contributed by atoms with Gasteiger partial charge in [0.1, 0.15) is 11.3 Å². The predicted octanol–water partition coefficient (Wildman–Crippen LogP) is 3.92. The smallest absolute Gasteiger partial charge is 0.341 e. The number of esters is 1. The molecule has 0 radical (unpaired) electrons. The Bertz CT molecular complexity index is 533. The van der Waals surface area contributed by atoms with Crippen molar-refractivity contribution in [2.75, 3.05) is 21.2 Å². The Morgan fingerprint density at radius 3 is 2.27 bits per heavy atom. The molecule has 0 heterocycles. The third-order valence-corrected chi connectivity index (χ3v) is 8.46. The number of methoxy groups -OCH3 is 1. The summed E-state index contributed by atoms with van der Waals surface area (Å²) in [5.74, 6) is 0.280. The van der Waals surface area contributed by atoms with Crippen LogP contribution in [-0.4, -0.2) is 40.4 Å². The Hall–Kier alpha value is -1.33. The summed E-state index contributed by atoms with van der Waals surface area (Å²) in [7, 11) is 3.41. The number of carbonyl (C=O) groups excluding carboxylic acids is 1. The van der Waals surface area contributed by atoms with Crippen molar-refractivity contribution in [3.8, 4) is 5.75 Å². The van der Waals surface area contributed by atoms with E-state index in [1.807, 2.05) is 26.2 Å². The van der Waals surface area contributed by atoms with Gasteiger partial charge in [-0.1, -0.05) is 26.8 Å². The highest BCUT2D eigenvalue weighted by Crippen LogP contribution is 2.38. The Morgan fingerprint density at radius 2 is 1.82 bits per heavy atom. The van der Waals surface area contributed by atoms with Gasteiger partial charge < -0.3 is 14.1 Å². The Morgan fingerprint density at radius 1 is 1.23 bits per heavy atom. The van der Waals surface area contributed by atoms with Crippen molar-refractivity contribution in [1.29, 1.82) is 0 Å². The van der Waals surface area contributed by atoms with Crippen molar-refractivity contribution in [1.82, 2.24) is 4.90 Å². The van der Waals surface area contributed by atoms with E-state index in [4.69, 9.17) is 9.16 Å². The molecule has 0 aliphatic carbocycles. The summed E-state index contributed by atoms with van der Waals surface area (Å²) in [6, 6.07) is 5.71. The molecule has 124 valence electrons. The van der Waals surface area contributed by atoms with Gasteiger partial charge in [0.05, 0.1) is 7.11 Å². The fraction of sp³-hybridized carbons (Fsp3) is 0.588. The first-order valence-electron chi connectivity index (χ1n) is 7.53. The van der Waals surface area contributed by atoms with Crippen LogP contribution in [0.2, 0.25) is 18.1 Å². The van der Waals surface area contributed by atoms with Gasteiger partial charge in [0.15, 0.2) is 0 Å². The first-order chi connectivity index (χ1) is 9.98. The van der Waals surface area contributed by atoms with E-state index in [2.05, 4.69) is 38.8 Å². The zero-order chi connectivity index (χ0) is 17.1. The van der Waals surface area contributed by atoms with Crippen molar-refractivity contribution < 1.29 is 14.0 Å². The second-order valence-electron chi connectivity index (χ2n) is 7.42. The number of benzene rings is 1. The molecule has 0 saturated carbocycles. The van der Waals surface area contributed by atoms with E-state index in [9.17, 15) is 4.79 Å². The molecule has 0 fully saturated rings. The quantitative estimate of drug-likeness (QED) is 0.608. The molecule has 22 heavy (non-hydrogen) atoms. The average Bonchev–Trinajstić information content (AvgIpc) is 2.35. The third kappa shape index (κ3) is 4.58. The summed E-state index contributed by atoms with van der Waals surface area (Å²) in [4.78, 5) is 14.1. The van der Waals surface area contributed by atoms with E-state index < -0.39 is 8.32 Å². The van der Waals surface area contributed by atoms with Crippen LogP contribution in [0.1, 0.15) is 36.7 Å². The van der Waals surface area contributed by atoms with Crippen molar-refractivity contribution >= 4 is 14.3 Å². The van der Waals surface area contributed by atoms with Gasteiger partial charge in [-0.15, -0.1) is 0 Å². The second kappa shape index (κ2) is 6.83. The van der Waals surface area contributed by atoms with E-state index in [0.717, 1.165) is 12.1 Å². The molecule has 0 unspecified atom stereocenters. The molecule has 0 aliphatic rings. The molecule has 0 aliphatic heterocycles. The summed E-state index contributed by atoms with van der Waals surface area (Å²) in [5, 5.41) is 0.0674. The highest BCUT2D eigenvalue weighted by molar-refractivity contribution is 6.74. The number of hydrogen-bond donors (Lipinski definition) is 0. The number of ether oxygens (including phenoxy) is 1. The Kier molecular flexibility index (Phi) is 5.81. The van der Waals surface area contributed by atoms with Crippen LogP contribution >= 0.6 is 0 Å². The van der Waals surface area contributed by atoms with Gasteiger partial charge in [0.25, 0.3) is 8.32 Å². The molecular weight excluding hydrogens is 294 g/mol. The zero-order valence-electron chi connectivity index (χ0n) is 15.1. The van der Waals surface area contributed by atoms with Crippen LogP contribution in [0.3, 0.4) is 0 Å². The molecule has 0 aromatic heterocycles. The van der Waals surface area contributed by atoms with Gasteiger partial charge in [-0.05, 0) is 49.9 Å². The highest BCUT2D eigenvalue weighted by atomic mass is 28.4. The van der Waals surface area contributed by atoms with Crippen LogP contribution in [0.15, 0.2) is 18.2 Å². The van der Waals surface area contributed by atoms with Crippen LogP contribution in [0, 0.1) is 0 Å². The first-order valence-corrected chi connectivity index (χ1v) is 10.4. The van der Waals surface area contributed by atoms with Crippen LogP contribution < -0.4 is 4.43 Å². The molecule has 1 aromatic carbocycles. The van der Waals surface area contributed by atoms with Crippen LogP contribution in [0.4, 0.5) is 0 Å². The number of nitrogens with zero attached hydrogens (tertiary/aromatic N) is 1. The summed E-state index contributed by atoms with van der Waals surface area (Å²) in [6.07, 6.45) is 0. The van der Waals surface area contributed by atoms with Crippen LogP contribution in [0.25, 0.3) is 0 Å². The molecule has 1 rings (SSSR count). The summed E-state index contributed by atoms with van der Waals surface area (Å²) in [6.45, 7) is 11.7. The maximum Gasteiger partial charge on any atom is 0.341 e. The molecule has 0 amide bonds. The van der Waals surface area contributed by atoms with Gasteiger partial charge >= 0.3 is 5.97 Å². The largest absolute Gasteiger partial charge is 0.543 e. The van der Waals surface area contributed by atoms with E-state index in [1.54, 1.807) is 6.07 Å². The molecular formula is C17H29NO3Si. The maximum absolute atomic E-state index is 12.0. The minimum atomic E-state index is -2.02. The molecule has 5 heteroatoms. The zero-order valence-corrected chi connectivity index (χ0v) is 16.1. The topological polar surface area (TPSA) is 38.8 Å². The molecule has 0 atom stereocenters. The SMILES string of the molecule is COC(=O)c1ccc(CN(C)C)cc1O[Si](C)(C)C(C)(C)C. The lowest BCUT2D eigenvalue weighted by atomic mass is 10.1. The maximum atomic E-state index is 12.0. The van der Waals surface area contributed by atoms with Gasteiger partial charge in [0.2, 0.25) is 0 Å². The first kappa shape index (κ1) is 18.7. The van der Waals surface area contributed by atoms with E-state index in [0.29, 0.717) is 11.3 Å². The fourth-order valence-electron chi connectivity index (χ4n) is 1.82. The minimum Gasteiger partial charge on any atom is -0.543 e. The molecule has 0 saturated heterocycles. The predicted molar refractivity (Wildman–Crippen MR) is 93.0 cm³/mol. The van der Waals surface area contributed by atoms with Crippen LogP contribution in [-0.2, 0) is 11.3 Å². The average molecular weight is 324 g/mol. The standard InChI is InChI=1S/C17H29NO3Si/c1-17(2,3)22(7,8)21-15-11-13(12-18(4)5)9-10-14(15)16(19)20-6/h9-11H,12H2,1-8H3. The molecule has 1 aromatic rings. The molecule has 0 bridgehead atoms. The van der Waals surface area contributed by atoms with Gasteiger partial charge in [-0.2, -0.15) is 0 Å². The summed E-state index contributed by atoms with van der Waals surface area (Å²) < 4.78 is 11.2. The van der Waals surface area contributed by atoms with Crippen molar-refractivity contribution in [2.24, 2.45) is 0 Å². The van der Waals surface area contributed by atoms with E-state index in [1.165, 1.54) is 7.11 Å². The summed E-state index contributed by atoms with van der Waals surface area (Å²) >= 11 is 0. The number of carbonyl (C=O) groups is 1.